The summed E-state index contributed by atoms with van der Waals surface area (Å²) in [5.41, 5.74) is 0. The minimum Gasteiger partial charge on any atom is -0.380 e. The lowest BCUT2D eigenvalue weighted by Crippen LogP contribution is -2.31. The van der Waals surface area contributed by atoms with Crippen LogP contribution in [-0.4, -0.2) is 38.8 Å². The van der Waals surface area contributed by atoms with Crippen LogP contribution in [0.15, 0.2) is 0 Å². The first-order chi connectivity index (χ1) is 6.16. The van der Waals surface area contributed by atoms with Crippen LogP contribution in [0.4, 0.5) is 0 Å². The Morgan fingerprint density at radius 1 is 1.38 bits per heavy atom. The van der Waals surface area contributed by atoms with E-state index in [1.807, 2.05) is 20.9 Å². The molecule has 0 aromatic carbocycles. The predicted octanol–water partition coefficient (Wildman–Crippen LogP) is 0.137. The van der Waals surface area contributed by atoms with Gasteiger partial charge in [0.15, 0.2) is 0 Å². The Kier molecular flexibility index (Phi) is 7.63. The molecule has 4 nitrogen and oxygen atoms in total. The molecule has 0 fully saturated rings. The number of nitrogens with one attached hydrogen (secondary N) is 2. The predicted molar refractivity (Wildman–Crippen MR) is 52.6 cm³/mol. The summed E-state index contributed by atoms with van der Waals surface area (Å²) in [5.74, 6) is 0.0551. The van der Waals surface area contributed by atoms with E-state index in [9.17, 15) is 4.79 Å². The van der Waals surface area contributed by atoms with Crippen LogP contribution >= 0.6 is 0 Å². The maximum Gasteiger partial charge on any atom is 0.222 e. The Morgan fingerprint density at radius 3 is 2.62 bits per heavy atom. The lowest BCUT2D eigenvalue weighted by Gasteiger charge is -2.08. The second kappa shape index (κ2) is 8.01. The van der Waals surface area contributed by atoms with Gasteiger partial charge in [-0.05, 0) is 20.9 Å². The Bertz CT molecular complexity index is 138. The molecular formula is C9H20N2O2. The normalized spacial score (nSPS) is 10.5. The van der Waals surface area contributed by atoms with E-state index in [1.165, 1.54) is 0 Å². The fraction of sp³-hybridized carbons (Fsp3) is 0.889. The van der Waals surface area contributed by atoms with Crippen LogP contribution < -0.4 is 10.6 Å². The fourth-order valence-corrected chi connectivity index (χ4v) is 0.835. The van der Waals surface area contributed by atoms with Gasteiger partial charge in [0, 0.05) is 19.0 Å². The summed E-state index contributed by atoms with van der Waals surface area (Å²) in [6, 6.07) is 0.213. The van der Waals surface area contributed by atoms with E-state index in [0.29, 0.717) is 19.6 Å². The smallest absolute Gasteiger partial charge is 0.222 e. The van der Waals surface area contributed by atoms with Crippen LogP contribution in [0.5, 0.6) is 0 Å². The quantitative estimate of drug-likeness (QED) is 0.559. The van der Waals surface area contributed by atoms with Crippen molar-refractivity contribution in [1.29, 1.82) is 0 Å². The summed E-state index contributed by atoms with van der Waals surface area (Å²) >= 11 is 0. The molecule has 0 aromatic heterocycles. The van der Waals surface area contributed by atoms with Gasteiger partial charge >= 0.3 is 0 Å². The monoisotopic (exact) mass is 188 g/mol. The second-order valence-electron chi connectivity index (χ2n) is 3.19. The van der Waals surface area contributed by atoms with Crippen LogP contribution in [0.1, 0.15) is 20.3 Å². The molecule has 0 radical (unpaired) electrons. The highest BCUT2D eigenvalue weighted by Crippen LogP contribution is 1.85. The SMILES string of the molecule is CNCCOCCC(=O)NC(C)C. The Morgan fingerprint density at radius 2 is 2.08 bits per heavy atom. The maximum absolute atomic E-state index is 11.1. The molecule has 0 aliphatic carbocycles. The van der Waals surface area contributed by atoms with Crippen molar-refractivity contribution < 1.29 is 9.53 Å². The highest BCUT2D eigenvalue weighted by Gasteiger charge is 2.01. The summed E-state index contributed by atoms with van der Waals surface area (Å²) in [4.78, 5) is 11.1. The molecule has 0 bridgehead atoms. The van der Waals surface area contributed by atoms with Gasteiger partial charge in [0.05, 0.1) is 13.2 Å². The molecule has 0 rings (SSSR count). The molecular weight excluding hydrogens is 168 g/mol. The van der Waals surface area contributed by atoms with Crippen molar-refractivity contribution in [3.8, 4) is 0 Å². The Balaban J connectivity index is 3.17. The third-order valence-electron chi connectivity index (χ3n) is 1.42. The molecule has 0 spiro atoms. The van der Waals surface area contributed by atoms with Crippen molar-refractivity contribution in [2.24, 2.45) is 0 Å². The van der Waals surface area contributed by atoms with Crippen molar-refractivity contribution in [2.75, 3.05) is 26.8 Å². The molecule has 0 heterocycles. The van der Waals surface area contributed by atoms with Crippen LogP contribution in [0.2, 0.25) is 0 Å². The van der Waals surface area contributed by atoms with Crippen LogP contribution in [0.25, 0.3) is 0 Å². The first kappa shape index (κ1) is 12.4. The molecule has 4 heteroatoms. The van der Waals surface area contributed by atoms with Crippen molar-refractivity contribution in [2.45, 2.75) is 26.3 Å². The van der Waals surface area contributed by atoms with E-state index in [4.69, 9.17) is 4.74 Å². The number of ether oxygens (including phenoxy) is 1. The highest BCUT2D eigenvalue weighted by molar-refractivity contribution is 5.76. The summed E-state index contributed by atoms with van der Waals surface area (Å²) < 4.78 is 5.20. The number of likely N-dealkylation sites (N-methyl/N-ethyl adjacent to an activating group) is 1. The number of carbonyl (C=O) groups is 1. The number of amides is 1. The molecule has 0 saturated carbocycles. The fourth-order valence-electron chi connectivity index (χ4n) is 0.835. The van der Waals surface area contributed by atoms with Crippen molar-refractivity contribution >= 4 is 5.91 Å². The first-order valence-electron chi connectivity index (χ1n) is 4.68. The molecule has 0 saturated heterocycles. The van der Waals surface area contributed by atoms with Crippen LogP contribution in [0, 0.1) is 0 Å². The first-order valence-corrected chi connectivity index (χ1v) is 4.68. The van der Waals surface area contributed by atoms with Gasteiger partial charge in [-0.25, -0.2) is 0 Å². The van der Waals surface area contributed by atoms with Gasteiger partial charge < -0.3 is 15.4 Å². The molecule has 2 N–H and O–H groups in total. The summed E-state index contributed by atoms with van der Waals surface area (Å²) in [5, 5.41) is 5.76. The number of rotatable bonds is 7. The van der Waals surface area contributed by atoms with Gasteiger partial charge in [-0.3, -0.25) is 4.79 Å². The third-order valence-corrected chi connectivity index (χ3v) is 1.42. The van der Waals surface area contributed by atoms with Crippen molar-refractivity contribution in [1.82, 2.24) is 10.6 Å². The third kappa shape index (κ3) is 9.30. The van der Waals surface area contributed by atoms with E-state index in [-0.39, 0.29) is 11.9 Å². The number of carbonyl (C=O) groups excluding carboxylic acids is 1. The molecule has 0 unspecified atom stereocenters. The number of hydrogen-bond acceptors (Lipinski definition) is 3. The number of hydrogen-bond donors (Lipinski definition) is 2. The van der Waals surface area contributed by atoms with Gasteiger partial charge in [0.25, 0.3) is 0 Å². The maximum atomic E-state index is 11.1. The largest absolute Gasteiger partial charge is 0.380 e. The summed E-state index contributed by atoms with van der Waals surface area (Å²) in [6.07, 6.45) is 0.446. The molecule has 0 aromatic rings. The molecule has 13 heavy (non-hydrogen) atoms. The minimum absolute atomic E-state index is 0.0551. The van der Waals surface area contributed by atoms with E-state index in [1.54, 1.807) is 0 Å². The van der Waals surface area contributed by atoms with Gasteiger partial charge in [0.2, 0.25) is 5.91 Å². The van der Waals surface area contributed by atoms with Gasteiger partial charge in [-0.15, -0.1) is 0 Å². The van der Waals surface area contributed by atoms with Gasteiger partial charge in [-0.2, -0.15) is 0 Å². The Hall–Kier alpha value is -0.610. The van der Waals surface area contributed by atoms with E-state index >= 15 is 0 Å². The minimum atomic E-state index is 0.0551. The molecule has 0 atom stereocenters. The molecule has 78 valence electrons. The highest BCUT2D eigenvalue weighted by atomic mass is 16.5. The van der Waals surface area contributed by atoms with Crippen LogP contribution in [0.3, 0.4) is 0 Å². The summed E-state index contributed by atoms with van der Waals surface area (Å²) in [6.45, 7) is 5.87. The zero-order valence-corrected chi connectivity index (χ0v) is 8.72. The Labute approximate surface area is 80.0 Å². The van der Waals surface area contributed by atoms with Crippen molar-refractivity contribution in [3.05, 3.63) is 0 Å². The molecule has 1 amide bonds. The van der Waals surface area contributed by atoms with Crippen molar-refractivity contribution in [3.63, 3.8) is 0 Å². The van der Waals surface area contributed by atoms with Gasteiger partial charge in [-0.1, -0.05) is 0 Å². The van der Waals surface area contributed by atoms with Gasteiger partial charge in [0.1, 0.15) is 0 Å². The topological polar surface area (TPSA) is 50.4 Å². The second-order valence-corrected chi connectivity index (χ2v) is 3.19. The molecule has 0 aliphatic rings. The van der Waals surface area contributed by atoms with E-state index in [0.717, 1.165) is 6.54 Å². The molecule has 0 aliphatic heterocycles. The lowest BCUT2D eigenvalue weighted by molar-refractivity contribution is -0.122. The van der Waals surface area contributed by atoms with E-state index < -0.39 is 0 Å². The van der Waals surface area contributed by atoms with E-state index in [2.05, 4.69) is 10.6 Å². The average molecular weight is 188 g/mol. The zero-order chi connectivity index (χ0) is 10.1. The summed E-state index contributed by atoms with van der Waals surface area (Å²) in [7, 11) is 1.87. The lowest BCUT2D eigenvalue weighted by atomic mass is 10.3. The average Bonchev–Trinajstić information content (AvgIpc) is 2.02. The standard InChI is InChI=1S/C9H20N2O2/c1-8(2)11-9(12)4-6-13-7-5-10-3/h8,10H,4-7H2,1-3H3,(H,11,12). The van der Waals surface area contributed by atoms with Crippen LogP contribution in [-0.2, 0) is 9.53 Å². The zero-order valence-electron chi connectivity index (χ0n) is 8.72.